The Morgan fingerprint density at radius 3 is 2.20 bits per heavy atom. The maximum Gasteiger partial charge on any atom is 0.225 e. The molecule has 0 saturated heterocycles. The van der Waals surface area contributed by atoms with Crippen LogP contribution in [-0.4, -0.2) is 23.9 Å². The molecular formula is C18H19NO. The summed E-state index contributed by atoms with van der Waals surface area (Å²) in [4.78, 5) is 14.3. The van der Waals surface area contributed by atoms with Crippen molar-refractivity contribution in [3.05, 3.63) is 47.5 Å². The fourth-order valence-corrected chi connectivity index (χ4v) is 3.49. The maximum absolute atomic E-state index is 12.3. The van der Waals surface area contributed by atoms with E-state index in [2.05, 4.69) is 36.4 Å². The maximum atomic E-state index is 12.3. The van der Waals surface area contributed by atoms with Crippen molar-refractivity contribution in [2.75, 3.05) is 7.05 Å². The Kier molecular flexibility index (Phi) is 2.59. The molecule has 0 heterocycles. The number of benzene rings is 2. The number of hydrogen-bond donors (Lipinski definition) is 0. The van der Waals surface area contributed by atoms with Crippen molar-refractivity contribution < 1.29 is 4.79 Å². The number of carbonyl (C=O) groups is 1. The number of likely N-dealkylation sites (N-methyl/N-ethyl adjacent to an activating group) is 1. The van der Waals surface area contributed by atoms with Crippen molar-refractivity contribution in [3.8, 4) is 0 Å². The van der Waals surface area contributed by atoms with Gasteiger partial charge in [0.15, 0.2) is 0 Å². The summed E-state index contributed by atoms with van der Waals surface area (Å²) in [6, 6.07) is 13.4. The number of carbonyl (C=O) groups excluding carboxylic acids is 1. The number of nitrogens with zero attached hydrogens (tertiary/aromatic N) is 1. The van der Waals surface area contributed by atoms with E-state index in [0.717, 1.165) is 25.7 Å². The first-order valence-corrected chi connectivity index (χ1v) is 7.50. The van der Waals surface area contributed by atoms with Gasteiger partial charge in [0.25, 0.3) is 0 Å². The molecule has 102 valence electrons. The first-order chi connectivity index (χ1) is 9.74. The Labute approximate surface area is 119 Å². The Morgan fingerprint density at radius 1 is 1.05 bits per heavy atom. The van der Waals surface area contributed by atoms with E-state index in [1.807, 2.05) is 11.9 Å². The summed E-state index contributed by atoms with van der Waals surface area (Å²) in [6.45, 7) is 0. The molecule has 2 aromatic carbocycles. The molecule has 1 fully saturated rings. The Morgan fingerprint density at radius 2 is 1.65 bits per heavy atom. The molecule has 2 heteroatoms. The average Bonchev–Trinajstić information content (AvgIpc) is 3.31. The van der Waals surface area contributed by atoms with Crippen LogP contribution in [0.1, 0.15) is 24.0 Å². The zero-order valence-corrected chi connectivity index (χ0v) is 11.8. The summed E-state index contributed by atoms with van der Waals surface area (Å²) in [7, 11) is 1.99. The quantitative estimate of drug-likeness (QED) is 0.816. The minimum absolute atomic E-state index is 0.313. The van der Waals surface area contributed by atoms with Gasteiger partial charge in [-0.15, -0.1) is 0 Å². The van der Waals surface area contributed by atoms with E-state index >= 15 is 0 Å². The van der Waals surface area contributed by atoms with Crippen LogP contribution in [-0.2, 0) is 17.6 Å². The van der Waals surface area contributed by atoms with Crippen LogP contribution in [0, 0.1) is 5.92 Å². The smallest absolute Gasteiger partial charge is 0.225 e. The minimum Gasteiger partial charge on any atom is -0.342 e. The highest BCUT2D eigenvalue weighted by Crippen LogP contribution is 2.34. The SMILES string of the molecule is CN(C(=O)C1CC1)C1Cc2cccc3cccc(c23)C1. The molecule has 2 aliphatic carbocycles. The van der Waals surface area contributed by atoms with Gasteiger partial charge in [0.2, 0.25) is 5.91 Å². The molecule has 0 N–H and O–H groups in total. The summed E-state index contributed by atoms with van der Waals surface area (Å²) < 4.78 is 0. The van der Waals surface area contributed by atoms with Crippen molar-refractivity contribution in [1.82, 2.24) is 4.90 Å². The van der Waals surface area contributed by atoms with Crippen LogP contribution >= 0.6 is 0 Å². The lowest BCUT2D eigenvalue weighted by Crippen LogP contribution is -2.42. The number of rotatable bonds is 2. The summed E-state index contributed by atoms with van der Waals surface area (Å²) in [5.41, 5.74) is 2.79. The second-order valence-electron chi connectivity index (χ2n) is 6.22. The first kappa shape index (κ1) is 12.0. The molecule has 2 aliphatic rings. The summed E-state index contributed by atoms with van der Waals surface area (Å²) >= 11 is 0. The molecule has 4 rings (SSSR count). The molecule has 2 aromatic rings. The van der Waals surface area contributed by atoms with Crippen LogP contribution in [0.25, 0.3) is 10.8 Å². The normalized spacial score (nSPS) is 18.2. The van der Waals surface area contributed by atoms with Gasteiger partial charge in [-0.1, -0.05) is 36.4 Å². The topological polar surface area (TPSA) is 20.3 Å². The minimum atomic E-state index is 0.313. The van der Waals surface area contributed by atoms with Crippen molar-refractivity contribution in [2.45, 2.75) is 31.7 Å². The monoisotopic (exact) mass is 265 g/mol. The average molecular weight is 265 g/mol. The fourth-order valence-electron chi connectivity index (χ4n) is 3.49. The van der Waals surface area contributed by atoms with Crippen LogP contribution in [0.3, 0.4) is 0 Å². The van der Waals surface area contributed by atoms with E-state index in [0.29, 0.717) is 17.9 Å². The Hall–Kier alpha value is -1.83. The van der Waals surface area contributed by atoms with Gasteiger partial charge < -0.3 is 4.90 Å². The molecule has 0 aromatic heterocycles. The van der Waals surface area contributed by atoms with Gasteiger partial charge in [-0.2, -0.15) is 0 Å². The lowest BCUT2D eigenvalue weighted by molar-refractivity contribution is -0.133. The summed E-state index contributed by atoms with van der Waals surface area (Å²) in [6.07, 6.45) is 4.15. The van der Waals surface area contributed by atoms with Crippen LogP contribution < -0.4 is 0 Å². The van der Waals surface area contributed by atoms with E-state index in [1.54, 1.807) is 0 Å². The third kappa shape index (κ3) is 1.82. The predicted molar refractivity (Wildman–Crippen MR) is 80.6 cm³/mol. The van der Waals surface area contributed by atoms with Gasteiger partial charge in [-0.25, -0.2) is 0 Å². The molecule has 0 spiro atoms. The second kappa shape index (κ2) is 4.34. The van der Waals surface area contributed by atoms with Crippen molar-refractivity contribution in [1.29, 1.82) is 0 Å². The third-order valence-corrected chi connectivity index (χ3v) is 4.81. The largest absolute Gasteiger partial charge is 0.342 e. The molecule has 1 saturated carbocycles. The van der Waals surface area contributed by atoms with E-state index in [4.69, 9.17) is 0 Å². The van der Waals surface area contributed by atoms with Crippen LogP contribution in [0.2, 0.25) is 0 Å². The zero-order valence-electron chi connectivity index (χ0n) is 11.8. The highest BCUT2D eigenvalue weighted by atomic mass is 16.2. The first-order valence-electron chi connectivity index (χ1n) is 7.50. The molecule has 20 heavy (non-hydrogen) atoms. The van der Waals surface area contributed by atoms with Gasteiger partial charge in [0.05, 0.1) is 0 Å². The van der Waals surface area contributed by atoms with Gasteiger partial charge in [-0.05, 0) is 47.6 Å². The predicted octanol–water partition coefficient (Wildman–Crippen LogP) is 3.18. The molecule has 1 amide bonds. The van der Waals surface area contributed by atoms with Gasteiger partial charge in [0, 0.05) is 19.0 Å². The van der Waals surface area contributed by atoms with E-state index in [9.17, 15) is 4.79 Å². The number of amides is 1. The standard InChI is InChI=1S/C18H19NO/c1-19(18(20)13-8-9-13)16-10-14-6-2-4-12-5-3-7-15(11-16)17(12)14/h2-7,13,16H,8-11H2,1H3. The zero-order chi connectivity index (χ0) is 13.7. The second-order valence-corrected chi connectivity index (χ2v) is 6.22. The van der Waals surface area contributed by atoms with E-state index in [-0.39, 0.29) is 0 Å². The van der Waals surface area contributed by atoms with Gasteiger partial charge >= 0.3 is 0 Å². The van der Waals surface area contributed by atoms with Gasteiger partial charge in [-0.3, -0.25) is 4.79 Å². The van der Waals surface area contributed by atoms with Gasteiger partial charge in [0.1, 0.15) is 0 Å². The lowest BCUT2D eigenvalue weighted by Gasteiger charge is -2.33. The van der Waals surface area contributed by atoms with Crippen molar-refractivity contribution in [2.24, 2.45) is 5.92 Å². The molecule has 0 bridgehead atoms. The van der Waals surface area contributed by atoms with Crippen molar-refractivity contribution in [3.63, 3.8) is 0 Å². The fraction of sp³-hybridized carbons (Fsp3) is 0.389. The molecular weight excluding hydrogens is 246 g/mol. The lowest BCUT2D eigenvalue weighted by atomic mass is 9.85. The summed E-state index contributed by atoms with van der Waals surface area (Å²) in [5, 5.41) is 2.74. The molecule has 0 radical (unpaired) electrons. The molecule has 0 aliphatic heterocycles. The summed E-state index contributed by atoms with van der Waals surface area (Å²) in [5.74, 6) is 0.662. The Bertz CT molecular complexity index is 646. The van der Waals surface area contributed by atoms with E-state index < -0.39 is 0 Å². The molecule has 0 unspecified atom stereocenters. The van der Waals surface area contributed by atoms with Crippen LogP contribution in [0.5, 0.6) is 0 Å². The highest BCUT2D eigenvalue weighted by molar-refractivity contribution is 5.90. The number of hydrogen-bond acceptors (Lipinski definition) is 1. The molecule has 2 nitrogen and oxygen atoms in total. The van der Waals surface area contributed by atoms with Crippen LogP contribution in [0.4, 0.5) is 0 Å². The van der Waals surface area contributed by atoms with Crippen LogP contribution in [0.15, 0.2) is 36.4 Å². The third-order valence-electron chi connectivity index (χ3n) is 4.81. The molecule has 0 atom stereocenters. The highest BCUT2D eigenvalue weighted by Gasteiger charge is 2.35. The Balaban J connectivity index is 1.70. The van der Waals surface area contributed by atoms with Crippen molar-refractivity contribution >= 4 is 16.7 Å². The van der Waals surface area contributed by atoms with E-state index in [1.165, 1.54) is 21.9 Å².